The van der Waals surface area contributed by atoms with Gasteiger partial charge < -0.3 is 5.11 Å². The molecule has 0 atom stereocenters. The van der Waals surface area contributed by atoms with Crippen molar-refractivity contribution in [2.75, 3.05) is 13.1 Å². The molecule has 0 spiro atoms. The predicted octanol–water partition coefficient (Wildman–Crippen LogP) is 2.11. The summed E-state index contributed by atoms with van der Waals surface area (Å²) < 4.78 is 26.0. The first kappa shape index (κ1) is 11.8. The first-order chi connectivity index (χ1) is 7.46. The number of carbonyl (C=O) groups is 1. The molecule has 0 unspecified atom stereocenters. The first-order valence-electron chi connectivity index (χ1n) is 5.83. The van der Waals surface area contributed by atoms with Gasteiger partial charge in [0.25, 0.3) is 5.92 Å². The van der Waals surface area contributed by atoms with Crippen LogP contribution in [0.1, 0.15) is 38.5 Å². The van der Waals surface area contributed by atoms with Gasteiger partial charge in [-0.3, -0.25) is 9.69 Å². The summed E-state index contributed by atoms with van der Waals surface area (Å²) in [5.74, 6) is -3.44. The molecule has 1 saturated carbocycles. The number of aliphatic carboxylic acids is 1. The van der Waals surface area contributed by atoms with E-state index in [-0.39, 0.29) is 25.9 Å². The van der Waals surface area contributed by atoms with E-state index in [2.05, 4.69) is 0 Å². The summed E-state index contributed by atoms with van der Waals surface area (Å²) in [5.41, 5.74) is -0.851. The average molecular weight is 233 g/mol. The van der Waals surface area contributed by atoms with Gasteiger partial charge in [0, 0.05) is 25.9 Å². The average Bonchev–Trinajstić information content (AvgIpc) is 2.67. The van der Waals surface area contributed by atoms with Crippen LogP contribution < -0.4 is 0 Å². The van der Waals surface area contributed by atoms with E-state index in [1.165, 1.54) is 0 Å². The van der Waals surface area contributed by atoms with Gasteiger partial charge in [-0.2, -0.15) is 0 Å². The Morgan fingerprint density at radius 3 is 2.00 bits per heavy atom. The molecule has 1 aliphatic carbocycles. The van der Waals surface area contributed by atoms with Crippen LogP contribution in [0.3, 0.4) is 0 Å². The molecule has 1 saturated heterocycles. The highest BCUT2D eigenvalue weighted by Gasteiger charge is 2.49. The third-order valence-electron chi connectivity index (χ3n) is 3.93. The maximum absolute atomic E-state index is 13.0. The molecular weight excluding hydrogens is 216 g/mol. The van der Waals surface area contributed by atoms with E-state index in [1.54, 1.807) is 4.90 Å². The number of carboxylic acid groups (broad SMARTS) is 1. The van der Waals surface area contributed by atoms with Gasteiger partial charge >= 0.3 is 5.97 Å². The largest absolute Gasteiger partial charge is 0.480 e. The molecule has 1 N–H and O–H groups in total. The zero-order chi connectivity index (χ0) is 11.8. The summed E-state index contributed by atoms with van der Waals surface area (Å²) >= 11 is 0. The van der Waals surface area contributed by atoms with Gasteiger partial charge in [0.1, 0.15) is 5.54 Å². The summed E-state index contributed by atoms with van der Waals surface area (Å²) in [4.78, 5) is 13.1. The van der Waals surface area contributed by atoms with E-state index in [4.69, 9.17) is 0 Å². The van der Waals surface area contributed by atoms with Gasteiger partial charge in [-0.1, -0.05) is 12.8 Å². The lowest BCUT2D eigenvalue weighted by molar-refractivity contribution is -0.156. The minimum atomic E-state index is -2.60. The lowest BCUT2D eigenvalue weighted by atomic mass is 9.91. The van der Waals surface area contributed by atoms with Crippen molar-refractivity contribution in [2.24, 2.45) is 0 Å². The summed E-state index contributed by atoms with van der Waals surface area (Å²) in [6, 6.07) is 0. The van der Waals surface area contributed by atoms with Crippen LogP contribution >= 0.6 is 0 Å². The Labute approximate surface area is 93.4 Å². The van der Waals surface area contributed by atoms with Crippen LogP contribution in [0.25, 0.3) is 0 Å². The number of piperidine rings is 1. The molecule has 2 rings (SSSR count). The standard InChI is InChI=1S/C11H17F2NO2/c12-11(13)5-7-14(8-6-11)10(9(15)16)3-1-2-4-10/h1-8H2,(H,15,16). The second kappa shape index (κ2) is 3.95. The van der Waals surface area contributed by atoms with Crippen LogP contribution in [0.2, 0.25) is 0 Å². The maximum atomic E-state index is 13.0. The number of hydrogen-bond donors (Lipinski definition) is 1. The highest BCUT2D eigenvalue weighted by molar-refractivity contribution is 5.79. The monoisotopic (exact) mass is 233 g/mol. The fourth-order valence-corrected chi connectivity index (χ4v) is 2.89. The van der Waals surface area contributed by atoms with E-state index in [9.17, 15) is 18.7 Å². The molecule has 0 radical (unpaired) electrons. The van der Waals surface area contributed by atoms with E-state index in [1.807, 2.05) is 0 Å². The van der Waals surface area contributed by atoms with Crippen LogP contribution in [0, 0.1) is 0 Å². The van der Waals surface area contributed by atoms with Gasteiger partial charge in [-0.05, 0) is 12.8 Å². The summed E-state index contributed by atoms with van der Waals surface area (Å²) in [5, 5.41) is 9.32. The second-order valence-corrected chi connectivity index (χ2v) is 4.89. The van der Waals surface area contributed by atoms with Crippen molar-refractivity contribution in [1.82, 2.24) is 4.90 Å². The summed E-state index contributed by atoms with van der Waals surface area (Å²) in [7, 11) is 0. The van der Waals surface area contributed by atoms with Crippen molar-refractivity contribution in [3.63, 3.8) is 0 Å². The molecule has 0 aromatic carbocycles. The third kappa shape index (κ3) is 1.93. The normalized spacial score (nSPS) is 29.1. The zero-order valence-corrected chi connectivity index (χ0v) is 9.22. The smallest absolute Gasteiger partial charge is 0.324 e. The van der Waals surface area contributed by atoms with Crippen LogP contribution in [0.4, 0.5) is 8.78 Å². The van der Waals surface area contributed by atoms with Gasteiger partial charge in [0.05, 0.1) is 0 Å². The lowest BCUT2D eigenvalue weighted by Gasteiger charge is -2.42. The van der Waals surface area contributed by atoms with Crippen LogP contribution in [-0.4, -0.2) is 40.5 Å². The fourth-order valence-electron chi connectivity index (χ4n) is 2.89. The number of hydrogen-bond acceptors (Lipinski definition) is 2. The minimum Gasteiger partial charge on any atom is -0.480 e. The van der Waals surface area contributed by atoms with Crippen LogP contribution in [0.15, 0.2) is 0 Å². The molecule has 0 bridgehead atoms. The molecular formula is C11H17F2NO2. The molecule has 0 aromatic heterocycles. The Morgan fingerprint density at radius 2 is 1.56 bits per heavy atom. The zero-order valence-electron chi connectivity index (χ0n) is 9.22. The topological polar surface area (TPSA) is 40.5 Å². The highest BCUT2D eigenvalue weighted by Crippen LogP contribution is 2.39. The number of likely N-dealkylation sites (tertiary alicyclic amines) is 1. The Morgan fingerprint density at radius 1 is 1.06 bits per heavy atom. The minimum absolute atomic E-state index is 0.206. The second-order valence-electron chi connectivity index (χ2n) is 4.89. The van der Waals surface area contributed by atoms with Crippen molar-refractivity contribution < 1.29 is 18.7 Å². The molecule has 5 heteroatoms. The van der Waals surface area contributed by atoms with E-state index in [0.29, 0.717) is 12.8 Å². The van der Waals surface area contributed by atoms with Gasteiger partial charge in [-0.25, -0.2) is 8.78 Å². The van der Waals surface area contributed by atoms with Crippen LogP contribution in [0.5, 0.6) is 0 Å². The molecule has 16 heavy (non-hydrogen) atoms. The van der Waals surface area contributed by atoms with E-state index in [0.717, 1.165) is 12.8 Å². The molecule has 92 valence electrons. The molecule has 0 aromatic rings. The van der Waals surface area contributed by atoms with Crippen molar-refractivity contribution in [2.45, 2.75) is 50.0 Å². The Kier molecular flexibility index (Phi) is 2.90. The molecule has 3 nitrogen and oxygen atoms in total. The quantitative estimate of drug-likeness (QED) is 0.794. The summed E-state index contributed by atoms with van der Waals surface area (Å²) in [6.07, 6.45) is 2.57. The maximum Gasteiger partial charge on any atom is 0.324 e. The van der Waals surface area contributed by atoms with Gasteiger partial charge in [-0.15, -0.1) is 0 Å². The highest BCUT2D eigenvalue weighted by atomic mass is 19.3. The molecule has 2 aliphatic rings. The van der Waals surface area contributed by atoms with Crippen molar-refractivity contribution in [3.05, 3.63) is 0 Å². The summed E-state index contributed by atoms with van der Waals surface area (Å²) in [6.45, 7) is 0.415. The Balaban J connectivity index is 2.09. The van der Waals surface area contributed by atoms with Crippen molar-refractivity contribution in [3.8, 4) is 0 Å². The molecule has 1 heterocycles. The van der Waals surface area contributed by atoms with Crippen molar-refractivity contribution in [1.29, 1.82) is 0 Å². The van der Waals surface area contributed by atoms with Crippen molar-refractivity contribution >= 4 is 5.97 Å². The number of carboxylic acids is 1. The fraction of sp³-hybridized carbons (Fsp3) is 0.909. The lowest BCUT2D eigenvalue weighted by Crippen LogP contribution is -2.56. The Bertz CT molecular complexity index is 278. The number of alkyl halides is 2. The number of nitrogens with zero attached hydrogens (tertiary/aromatic N) is 1. The molecule has 2 fully saturated rings. The SMILES string of the molecule is O=C(O)C1(N2CCC(F)(F)CC2)CCCC1. The predicted molar refractivity (Wildman–Crippen MR) is 54.6 cm³/mol. The number of halogens is 2. The molecule has 0 amide bonds. The third-order valence-corrected chi connectivity index (χ3v) is 3.93. The molecule has 1 aliphatic heterocycles. The van der Waals surface area contributed by atoms with Gasteiger partial charge in [0.2, 0.25) is 0 Å². The first-order valence-corrected chi connectivity index (χ1v) is 5.83. The van der Waals surface area contributed by atoms with E-state index >= 15 is 0 Å². The Hall–Kier alpha value is -0.710. The number of rotatable bonds is 2. The van der Waals surface area contributed by atoms with Gasteiger partial charge in [0.15, 0.2) is 0 Å². The van der Waals surface area contributed by atoms with Crippen LogP contribution in [-0.2, 0) is 4.79 Å². The van der Waals surface area contributed by atoms with E-state index < -0.39 is 17.4 Å².